The van der Waals surface area contributed by atoms with Gasteiger partial charge in [0.15, 0.2) is 11.2 Å². The van der Waals surface area contributed by atoms with E-state index >= 15 is 0 Å². The first-order valence-electron chi connectivity index (χ1n) is 8.63. The van der Waals surface area contributed by atoms with Crippen molar-refractivity contribution < 1.29 is 23.2 Å². The van der Waals surface area contributed by atoms with Crippen LogP contribution in [0.25, 0.3) is 11.2 Å². The second-order valence-corrected chi connectivity index (χ2v) is 6.93. The van der Waals surface area contributed by atoms with Crippen LogP contribution in [-0.4, -0.2) is 43.7 Å². The van der Waals surface area contributed by atoms with Crippen LogP contribution in [0, 0.1) is 0 Å². The molecule has 0 fully saturated rings. The number of anilines is 1. The van der Waals surface area contributed by atoms with Gasteiger partial charge in [-0.1, -0.05) is 20.8 Å². The van der Waals surface area contributed by atoms with Crippen molar-refractivity contribution in [2.75, 3.05) is 12.8 Å². The zero-order valence-corrected chi connectivity index (χ0v) is 17.3. The number of nitrogen functional groups attached to an aromatic ring is 1. The summed E-state index contributed by atoms with van der Waals surface area (Å²) in [5.74, 6) is -0.0310. The van der Waals surface area contributed by atoms with E-state index in [0.717, 1.165) is 7.11 Å². The number of nitrogens with zero attached hydrogens (tertiary/aromatic N) is 3. The minimum absolute atomic E-state index is 0.0310. The molecule has 11 nitrogen and oxygen atoms in total. The Morgan fingerprint density at radius 2 is 2.04 bits per heavy atom. The normalized spacial score (nSPS) is 16.9. The van der Waals surface area contributed by atoms with E-state index in [1.54, 1.807) is 18.4 Å². The van der Waals surface area contributed by atoms with Crippen molar-refractivity contribution in [3.05, 3.63) is 16.7 Å². The quantitative estimate of drug-likeness (QED) is 0.560. The van der Waals surface area contributed by atoms with Gasteiger partial charge in [-0.05, 0) is 20.3 Å². The third kappa shape index (κ3) is 5.85. The summed E-state index contributed by atoms with van der Waals surface area (Å²) in [7, 11) is -3.04. The van der Waals surface area contributed by atoms with Gasteiger partial charge in [-0.15, -0.1) is 0 Å². The number of phosphoric acid groups is 1. The average Bonchev–Trinajstić information content (AvgIpc) is 3.05. The number of aromatic amines is 1. The van der Waals surface area contributed by atoms with Crippen LogP contribution in [0.15, 0.2) is 11.1 Å². The zero-order valence-electron chi connectivity index (χ0n) is 16.4. The number of hydrogen-bond acceptors (Lipinski definition) is 8. The van der Waals surface area contributed by atoms with Gasteiger partial charge in [-0.2, -0.15) is 4.98 Å². The second-order valence-electron chi connectivity index (χ2n) is 5.42. The van der Waals surface area contributed by atoms with Crippen LogP contribution < -0.4 is 11.3 Å². The average molecular weight is 405 g/mol. The number of H-pyrrole nitrogens is 1. The highest BCUT2D eigenvalue weighted by molar-refractivity contribution is 7.47. The summed E-state index contributed by atoms with van der Waals surface area (Å²) in [6.07, 6.45) is 0.136. The van der Waals surface area contributed by atoms with Gasteiger partial charge >= 0.3 is 7.82 Å². The summed E-state index contributed by atoms with van der Waals surface area (Å²) < 4.78 is 28.5. The maximum Gasteiger partial charge on any atom is 0.472 e. The molecule has 2 aromatic rings. The summed E-state index contributed by atoms with van der Waals surface area (Å²) in [5.41, 5.74) is 5.55. The Hall–Kier alpha value is -1.78. The summed E-state index contributed by atoms with van der Waals surface area (Å²) in [6, 6.07) is 0. The summed E-state index contributed by atoms with van der Waals surface area (Å²) in [4.78, 5) is 31.7. The van der Waals surface area contributed by atoms with Crippen LogP contribution in [0.4, 0.5) is 5.95 Å². The number of aromatic nitrogens is 4. The number of hydrogen-bond donors (Lipinski definition) is 3. The molecule has 0 aliphatic carbocycles. The molecule has 0 spiro atoms. The van der Waals surface area contributed by atoms with Crippen molar-refractivity contribution in [3.63, 3.8) is 0 Å². The molecule has 0 saturated carbocycles. The largest absolute Gasteiger partial charge is 0.472 e. The van der Waals surface area contributed by atoms with Gasteiger partial charge in [0.1, 0.15) is 6.23 Å². The fraction of sp³-hybridized carbons (Fsp3) is 0.667. The van der Waals surface area contributed by atoms with E-state index in [0.29, 0.717) is 6.42 Å². The first-order chi connectivity index (χ1) is 12.7. The Morgan fingerprint density at radius 1 is 1.41 bits per heavy atom. The summed E-state index contributed by atoms with van der Waals surface area (Å²) >= 11 is 0. The predicted octanol–water partition coefficient (Wildman–Crippen LogP) is 2.19. The van der Waals surface area contributed by atoms with E-state index in [9.17, 15) is 14.3 Å². The maximum absolute atomic E-state index is 11.8. The Kier molecular flexibility index (Phi) is 8.58. The van der Waals surface area contributed by atoms with Crippen LogP contribution in [0.5, 0.6) is 0 Å². The molecule has 0 bridgehead atoms. The molecule has 4 N–H and O–H groups in total. The Labute approximate surface area is 157 Å². The Bertz CT molecular complexity index is 838. The molecule has 2 aromatic heterocycles. The molecule has 4 unspecified atom stereocenters. The number of nitrogens with one attached hydrogen (secondary N) is 1. The van der Waals surface area contributed by atoms with Crippen molar-refractivity contribution in [2.24, 2.45) is 0 Å². The molecule has 0 radical (unpaired) electrons. The van der Waals surface area contributed by atoms with Gasteiger partial charge in [0.2, 0.25) is 5.95 Å². The number of phosphoric ester groups is 1. The van der Waals surface area contributed by atoms with E-state index in [-0.39, 0.29) is 17.1 Å². The summed E-state index contributed by atoms with van der Waals surface area (Å²) in [5, 5.41) is 0. The van der Waals surface area contributed by atoms with E-state index in [1.807, 2.05) is 20.8 Å². The standard InChI is InChI=1S/C13H22N5O6P.C2H6/c1-5-9(7(2)24-25(20,21)22-4)23-8(3)18-6-15-10-11(18)16-13(14)17-12(10)19;1-2/h6-9H,5H2,1-4H3,(H,20,21)(H3,14,16,17,19);1-2H3. The van der Waals surface area contributed by atoms with E-state index < -0.39 is 31.8 Å². The number of ether oxygens (including phenoxy) is 1. The lowest BCUT2D eigenvalue weighted by Gasteiger charge is -2.27. The fourth-order valence-corrected chi connectivity index (χ4v) is 3.03. The first-order valence-corrected chi connectivity index (χ1v) is 10.1. The Morgan fingerprint density at radius 3 is 2.59 bits per heavy atom. The molecule has 2 heterocycles. The number of rotatable bonds is 8. The fourth-order valence-electron chi connectivity index (χ4n) is 2.39. The third-order valence-corrected chi connectivity index (χ3v) is 4.73. The lowest BCUT2D eigenvalue weighted by atomic mass is 10.2. The van der Waals surface area contributed by atoms with E-state index in [4.69, 9.17) is 15.0 Å². The van der Waals surface area contributed by atoms with Crippen LogP contribution in [0.3, 0.4) is 0 Å². The van der Waals surface area contributed by atoms with Gasteiger partial charge in [0.25, 0.3) is 5.56 Å². The zero-order chi connectivity index (χ0) is 20.8. The van der Waals surface area contributed by atoms with Crippen LogP contribution in [0.2, 0.25) is 0 Å². The van der Waals surface area contributed by atoms with Gasteiger partial charge in [-0.25, -0.2) is 9.55 Å². The van der Waals surface area contributed by atoms with Crippen molar-refractivity contribution >= 4 is 24.9 Å². The van der Waals surface area contributed by atoms with Crippen LogP contribution >= 0.6 is 7.82 Å². The van der Waals surface area contributed by atoms with Crippen LogP contribution in [0.1, 0.15) is 47.3 Å². The number of fused-ring (bicyclic) bond motifs is 1. The highest BCUT2D eigenvalue weighted by atomic mass is 31.2. The topological polar surface area (TPSA) is 155 Å². The van der Waals surface area contributed by atoms with Crippen molar-refractivity contribution in [2.45, 2.75) is 59.5 Å². The molecule has 0 amide bonds. The SMILES string of the molecule is CC.CCC(OC(C)n1cnc2c(=O)[nH]c(N)nc21)C(C)OP(=O)(O)OC. The molecule has 4 atom stereocenters. The molecule has 2 rings (SSSR count). The molecular weight excluding hydrogens is 377 g/mol. The highest BCUT2D eigenvalue weighted by Crippen LogP contribution is 2.44. The number of nitrogens with two attached hydrogens (primary N) is 1. The lowest BCUT2D eigenvalue weighted by molar-refractivity contribution is -0.0909. The molecule has 0 aliphatic rings. The van der Waals surface area contributed by atoms with E-state index in [2.05, 4.69) is 19.5 Å². The van der Waals surface area contributed by atoms with Gasteiger partial charge in [0, 0.05) is 7.11 Å². The lowest BCUT2D eigenvalue weighted by Crippen LogP contribution is -2.30. The Balaban J connectivity index is 0.00000176. The first kappa shape index (κ1) is 23.3. The maximum atomic E-state index is 11.8. The molecule has 0 aromatic carbocycles. The molecule has 12 heteroatoms. The molecule has 154 valence electrons. The molecule has 0 saturated heterocycles. The minimum Gasteiger partial charge on any atom is -0.369 e. The smallest absolute Gasteiger partial charge is 0.369 e. The van der Waals surface area contributed by atoms with Gasteiger partial charge in [-0.3, -0.25) is 23.4 Å². The number of imidazole rings is 1. The third-order valence-electron chi connectivity index (χ3n) is 3.67. The monoisotopic (exact) mass is 405 g/mol. The summed E-state index contributed by atoms with van der Waals surface area (Å²) in [6.45, 7) is 9.18. The molecular formula is C15H28N5O6P. The van der Waals surface area contributed by atoms with Crippen LogP contribution in [-0.2, 0) is 18.3 Å². The van der Waals surface area contributed by atoms with Crippen molar-refractivity contribution in [1.82, 2.24) is 19.5 Å². The van der Waals surface area contributed by atoms with E-state index in [1.165, 1.54) is 6.33 Å². The van der Waals surface area contributed by atoms with Crippen molar-refractivity contribution in [3.8, 4) is 0 Å². The second kappa shape index (κ2) is 9.95. The predicted molar refractivity (Wildman–Crippen MR) is 101 cm³/mol. The van der Waals surface area contributed by atoms with Gasteiger partial charge < -0.3 is 15.4 Å². The van der Waals surface area contributed by atoms with Gasteiger partial charge in [0.05, 0.1) is 18.5 Å². The van der Waals surface area contributed by atoms with Crippen molar-refractivity contribution in [1.29, 1.82) is 0 Å². The molecule has 27 heavy (non-hydrogen) atoms. The molecule has 0 aliphatic heterocycles. The minimum atomic E-state index is -4.13. The highest BCUT2D eigenvalue weighted by Gasteiger charge is 2.29.